The van der Waals surface area contributed by atoms with E-state index in [0.29, 0.717) is 0 Å². The van der Waals surface area contributed by atoms with Gasteiger partial charge in [-0.15, -0.1) is 0 Å². The van der Waals surface area contributed by atoms with Crippen molar-refractivity contribution in [1.29, 1.82) is 0 Å². The van der Waals surface area contributed by atoms with Crippen LogP contribution in [0.15, 0.2) is 66.2 Å². The summed E-state index contributed by atoms with van der Waals surface area (Å²) in [6.45, 7) is 0. The molecule has 0 heterocycles. The Bertz CT molecular complexity index is 661. The van der Waals surface area contributed by atoms with Crippen LogP contribution in [0.2, 0.25) is 0 Å². The summed E-state index contributed by atoms with van der Waals surface area (Å²) in [5, 5.41) is 0. The molecule has 2 heteroatoms. The van der Waals surface area contributed by atoms with Crippen LogP contribution in [0.1, 0.15) is 24.8 Å². The van der Waals surface area contributed by atoms with Gasteiger partial charge < -0.3 is 4.90 Å². The van der Waals surface area contributed by atoms with Gasteiger partial charge in [-0.2, -0.15) is 0 Å². The molecule has 1 amide bonds. The molecular weight excluding hydrogens is 270 g/mol. The molecule has 1 fully saturated rings. The monoisotopic (exact) mass is 291 g/mol. The van der Waals surface area contributed by atoms with Crippen molar-refractivity contribution < 1.29 is 4.79 Å². The summed E-state index contributed by atoms with van der Waals surface area (Å²) in [5.74, 6) is 0.219. The van der Waals surface area contributed by atoms with Gasteiger partial charge in [-0.3, -0.25) is 4.79 Å². The van der Waals surface area contributed by atoms with Crippen LogP contribution in [0.4, 0.5) is 5.69 Å². The second kappa shape index (κ2) is 6.61. The number of carbonyl (C=O) groups excluding carboxylic acids is 1. The number of hydrogen-bond acceptors (Lipinski definition) is 1. The maximum absolute atomic E-state index is 12.8. The Morgan fingerprint density at radius 2 is 1.68 bits per heavy atom. The molecule has 2 aromatic carbocycles. The quantitative estimate of drug-likeness (QED) is 0.813. The Labute approximate surface area is 132 Å². The molecule has 1 atom stereocenters. The second-order valence-corrected chi connectivity index (χ2v) is 5.81. The maximum atomic E-state index is 12.8. The van der Waals surface area contributed by atoms with Crippen LogP contribution in [-0.4, -0.2) is 13.0 Å². The van der Waals surface area contributed by atoms with Crippen molar-refractivity contribution in [1.82, 2.24) is 0 Å². The van der Waals surface area contributed by atoms with Crippen LogP contribution >= 0.6 is 0 Å². The molecular formula is C20H21NO. The molecule has 2 aromatic rings. The van der Waals surface area contributed by atoms with Crippen LogP contribution in [0.25, 0.3) is 6.08 Å². The molecule has 0 N–H and O–H groups in total. The molecule has 0 spiro atoms. The highest BCUT2D eigenvalue weighted by molar-refractivity contribution is 5.97. The summed E-state index contributed by atoms with van der Waals surface area (Å²) < 4.78 is 0. The first kappa shape index (κ1) is 14.6. The van der Waals surface area contributed by atoms with E-state index in [4.69, 9.17) is 0 Å². The lowest BCUT2D eigenvalue weighted by atomic mass is 9.98. The average Bonchev–Trinajstić information content (AvgIpc) is 3.03. The predicted molar refractivity (Wildman–Crippen MR) is 91.6 cm³/mol. The van der Waals surface area contributed by atoms with E-state index in [2.05, 4.69) is 18.2 Å². The van der Waals surface area contributed by atoms with E-state index in [1.807, 2.05) is 55.6 Å². The van der Waals surface area contributed by atoms with Crippen LogP contribution in [0.5, 0.6) is 0 Å². The van der Waals surface area contributed by atoms with Crippen molar-refractivity contribution in [2.24, 2.45) is 5.92 Å². The number of nitrogens with zero attached hydrogens (tertiary/aromatic N) is 1. The minimum atomic E-state index is 0.0189. The largest absolute Gasteiger partial charge is 0.315 e. The predicted octanol–water partition coefficient (Wildman–Crippen LogP) is 4.53. The molecule has 3 rings (SSSR count). The van der Waals surface area contributed by atoms with Crippen molar-refractivity contribution in [2.45, 2.75) is 19.3 Å². The second-order valence-electron chi connectivity index (χ2n) is 5.81. The summed E-state index contributed by atoms with van der Waals surface area (Å²) in [6.07, 6.45) is 5.26. The van der Waals surface area contributed by atoms with Gasteiger partial charge in [0, 0.05) is 12.7 Å². The molecule has 1 saturated carbocycles. The Balaban J connectivity index is 1.81. The number of hydrogen-bond donors (Lipinski definition) is 0. The molecule has 0 saturated heterocycles. The van der Waals surface area contributed by atoms with E-state index < -0.39 is 0 Å². The zero-order valence-electron chi connectivity index (χ0n) is 12.9. The number of anilines is 1. The van der Waals surface area contributed by atoms with Gasteiger partial charge in [0.05, 0.1) is 5.92 Å². The van der Waals surface area contributed by atoms with Gasteiger partial charge in [0.2, 0.25) is 5.91 Å². The maximum Gasteiger partial charge on any atom is 0.233 e. The lowest BCUT2D eigenvalue weighted by Crippen LogP contribution is -2.32. The van der Waals surface area contributed by atoms with Crippen molar-refractivity contribution in [2.75, 3.05) is 11.9 Å². The molecule has 0 aliphatic heterocycles. The minimum Gasteiger partial charge on any atom is -0.315 e. The van der Waals surface area contributed by atoms with Crippen molar-refractivity contribution in [3.8, 4) is 0 Å². The zero-order chi connectivity index (χ0) is 15.4. The van der Waals surface area contributed by atoms with Crippen molar-refractivity contribution >= 4 is 17.7 Å². The zero-order valence-corrected chi connectivity index (χ0v) is 12.9. The Hall–Kier alpha value is -2.35. The third kappa shape index (κ3) is 3.11. The van der Waals surface area contributed by atoms with Crippen LogP contribution < -0.4 is 4.90 Å². The molecule has 0 bridgehead atoms. The fraction of sp³-hybridized carbons (Fsp3) is 0.250. The fourth-order valence-electron chi connectivity index (χ4n) is 3.10. The first-order chi connectivity index (χ1) is 10.8. The van der Waals surface area contributed by atoms with Crippen LogP contribution in [-0.2, 0) is 4.79 Å². The normalized spacial score (nSPS) is 19.3. The summed E-state index contributed by atoms with van der Waals surface area (Å²) in [7, 11) is 1.87. The van der Waals surface area contributed by atoms with E-state index >= 15 is 0 Å². The lowest BCUT2D eigenvalue weighted by molar-refractivity contribution is -0.120. The molecule has 0 radical (unpaired) electrons. The van der Waals surface area contributed by atoms with E-state index in [-0.39, 0.29) is 11.8 Å². The number of benzene rings is 2. The summed E-state index contributed by atoms with van der Waals surface area (Å²) >= 11 is 0. The summed E-state index contributed by atoms with van der Waals surface area (Å²) in [6, 6.07) is 20.1. The van der Waals surface area contributed by atoms with Gasteiger partial charge in [-0.1, -0.05) is 60.2 Å². The molecule has 0 aromatic heterocycles. The highest BCUT2D eigenvalue weighted by Crippen LogP contribution is 2.34. The van der Waals surface area contributed by atoms with Crippen LogP contribution in [0, 0.1) is 5.92 Å². The summed E-state index contributed by atoms with van der Waals surface area (Å²) in [5.41, 5.74) is 3.40. The van der Waals surface area contributed by atoms with E-state index in [0.717, 1.165) is 24.9 Å². The van der Waals surface area contributed by atoms with E-state index in [1.165, 1.54) is 11.1 Å². The third-order valence-electron chi connectivity index (χ3n) is 4.33. The van der Waals surface area contributed by atoms with Gasteiger partial charge in [-0.25, -0.2) is 0 Å². The Kier molecular flexibility index (Phi) is 4.38. The molecule has 1 aliphatic rings. The minimum absolute atomic E-state index is 0.0189. The molecule has 2 nitrogen and oxygen atoms in total. The summed E-state index contributed by atoms with van der Waals surface area (Å²) in [4.78, 5) is 14.6. The average molecular weight is 291 g/mol. The van der Waals surface area contributed by atoms with Gasteiger partial charge in [-0.05, 0) is 37.0 Å². The fourth-order valence-corrected chi connectivity index (χ4v) is 3.10. The smallest absolute Gasteiger partial charge is 0.233 e. The van der Waals surface area contributed by atoms with E-state index in [1.54, 1.807) is 4.90 Å². The number of rotatable bonds is 3. The van der Waals surface area contributed by atoms with Crippen molar-refractivity contribution in [3.05, 3.63) is 71.8 Å². The van der Waals surface area contributed by atoms with Gasteiger partial charge in [0.1, 0.15) is 0 Å². The van der Waals surface area contributed by atoms with Crippen molar-refractivity contribution in [3.63, 3.8) is 0 Å². The van der Waals surface area contributed by atoms with Crippen LogP contribution in [0.3, 0.4) is 0 Å². The number of para-hydroxylation sites is 1. The number of carbonyl (C=O) groups is 1. The molecule has 0 unspecified atom stereocenters. The highest BCUT2D eigenvalue weighted by atomic mass is 16.2. The van der Waals surface area contributed by atoms with Gasteiger partial charge in [0.25, 0.3) is 0 Å². The first-order valence-electron chi connectivity index (χ1n) is 7.84. The van der Waals surface area contributed by atoms with E-state index in [9.17, 15) is 4.79 Å². The number of amides is 1. The first-order valence-corrected chi connectivity index (χ1v) is 7.84. The third-order valence-corrected chi connectivity index (χ3v) is 4.33. The van der Waals surface area contributed by atoms with Gasteiger partial charge in [0.15, 0.2) is 0 Å². The standard InChI is InChI=1S/C20H21NO/c1-21(18-12-6-3-7-13-18)20(22)19-14-8-11-17(19)15-16-9-4-2-5-10-16/h2-7,9-10,12-13,15,19H,8,11,14H2,1H3/b17-15+/t19-/m0/s1. The molecule has 22 heavy (non-hydrogen) atoms. The van der Waals surface area contributed by atoms with Gasteiger partial charge >= 0.3 is 0 Å². The Morgan fingerprint density at radius 1 is 1.05 bits per heavy atom. The highest BCUT2D eigenvalue weighted by Gasteiger charge is 2.30. The lowest BCUT2D eigenvalue weighted by Gasteiger charge is -2.22. The topological polar surface area (TPSA) is 20.3 Å². The Morgan fingerprint density at radius 3 is 2.36 bits per heavy atom. The molecule has 112 valence electrons. The SMILES string of the molecule is CN(C(=O)[C@H]1CCC/C1=C\c1ccccc1)c1ccccc1. The molecule has 1 aliphatic carbocycles.